The Hall–Kier alpha value is -3.15. The highest BCUT2D eigenvalue weighted by atomic mass is 79.9. The Balaban J connectivity index is 1.69. The van der Waals surface area contributed by atoms with E-state index in [1.165, 1.54) is 25.3 Å². The van der Waals surface area contributed by atoms with E-state index in [4.69, 9.17) is 9.47 Å². The van der Waals surface area contributed by atoms with E-state index >= 15 is 4.39 Å². The number of ketones is 3. The molecule has 11 nitrogen and oxygen atoms in total. The maximum atomic E-state index is 15.0. The monoisotopic (exact) mass is 678 g/mol. The van der Waals surface area contributed by atoms with Crippen molar-refractivity contribution in [3.05, 3.63) is 51.6 Å². The minimum atomic E-state index is -5.29. The highest BCUT2D eigenvalue weighted by Gasteiger charge is 2.58. The van der Waals surface area contributed by atoms with Crippen LogP contribution < -0.4 is 4.74 Å². The number of phenols is 2. The molecule has 16 heteroatoms. The van der Waals surface area contributed by atoms with E-state index in [-0.39, 0.29) is 16.9 Å². The molecule has 1 saturated heterocycles. The van der Waals surface area contributed by atoms with Crippen molar-refractivity contribution in [1.82, 2.24) is 0 Å². The first-order valence-electron chi connectivity index (χ1n) is 12.6. The number of benzene rings is 2. The lowest BCUT2D eigenvalue weighted by Gasteiger charge is -2.43. The van der Waals surface area contributed by atoms with E-state index in [9.17, 15) is 53.1 Å². The van der Waals surface area contributed by atoms with E-state index < -0.39 is 118 Å². The summed E-state index contributed by atoms with van der Waals surface area (Å²) in [6.45, 7) is 0. The number of fused-ring (bicyclic) bond motifs is 3. The van der Waals surface area contributed by atoms with Crippen LogP contribution in [0.1, 0.15) is 55.5 Å². The van der Waals surface area contributed by atoms with Crippen molar-refractivity contribution in [2.75, 3.05) is 12.4 Å². The fourth-order valence-corrected chi connectivity index (χ4v) is 6.26. The molecule has 5 rings (SSSR count). The molecule has 2 aromatic carbocycles. The minimum absolute atomic E-state index is 0.0511. The predicted octanol–water partition coefficient (Wildman–Crippen LogP) is 1.93. The molecular weight excluding hydrogens is 656 g/mol. The van der Waals surface area contributed by atoms with Gasteiger partial charge in [0.15, 0.2) is 30.1 Å². The number of rotatable bonds is 5. The molecule has 2 aliphatic carbocycles. The maximum absolute atomic E-state index is 15.0. The van der Waals surface area contributed by atoms with Gasteiger partial charge in [0.1, 0.15) is 35.1 Å². The topological polar surface area (TPSA) is 180 Å². The van der Waals surface area contributed by atoms with E-state index in [2.05, 4.69) is 20.7 Å². The molecule has 0 radical (unpaired) electrons. The second-order valence-electron chi connectivity index (χ2n) is 10.4. The summed E-state index contributed by atoms with van der Waals surface area (Å²) >= 11 is 2.90. The number of alkyl halides is 5. The van der Waals surface area contributed by atoms with E-state index in [0.29, 0.717) is 0 Å². The van der Waals surface area contributed by atoms with Gasteiger partial charge in [-0.1, -0.05) is 28.1 Å². The predicted molar refractivity (Wildman–Crippen MR) is 137 cm³/mol. The molecule has 0 amide bonds. The average Bonchev–Trinajstić information content (AvgIpc) is 2.96. The quantitative estimate of drug-likeness (QED) is 0.151. The van der Waals surface area contributed by atoms with Crippen LogP contribution in [0.15, 0.2) is 18.2 Å². The first-order valence-corrected chi connectivity index (χ1v) is 13.8. The van der Waals surface area contributed by atoms with Crippen molar-refractivity contribution in [3.8, 4) is 17.2 Å². The number of aliphatic hydroxyl groups is 3. The summed E-state index contributed by atoms with van der Waals surface area (Å²) in [4.78, 5) is 39.9. The summed E-state index contributed by atoms with van der Waals surface area (Å²) < 4.78 is 70.8. The van der Waals surface area contributed by atoms with E-state index in [1.807, 2.05) is 0 Å². The molecule has 0 saturated carbocycles. The van der Waals surface area contributed by atoms with E-state index in [1.54, 1.807) is 0 Å². The Bertz CT molecular complexity index is 1530. The van der Waals surface area contributed by atoms with Crippen LogP contribution in [0.3, 0.4) is 0 Å². The first-order chi connectivity index (χ1) is 20.1. The Morgan fingerprint density at radius 1 is 1.09 bits per heavy atom. The molecule has 1 fully saturated rings. The van der Waals surface area contributed by atoms with Crippen LogP contribution in [0.2, 0.25) is 0 Å². The molecule has 5 unspecified atom stereocenters. The lowest BCUT2D eigenvalue weighted by Crippen LogP contribution is -2.61. The largest absolute Gasteiger partial charge is 0.507 e. The van der Waals surface area contributed by atoms with Crippen molar-refractivity contribution in [3.63, 3.8) is 0 Å². The van der Waals surface area contributed by atoms with Crippen molar-refractivity contribution in [2.24, 2.45) is 0 Å². The van der Waals surface area contributed by atoms with Gasteiger partial charge in [0, 0.05) is 29.5 Å². The summed E-state index contributed by atoms with van der Waals surface area (Å²) in [6, 6.07) is 4.03. The van der Waals surface area contributed by atoms with Crippen molar-refractivity contribution >= 4 is 33.3 Å². The van der Waals surface area contributed by atoms with Gasteiger partial charge < -0.3 is 39.7 Å². The third-order valence-electron chi connectivity index (χ3n) is 7.86. The zero-order valence-corrected chi connectivity index (χ0v) is 23.5. The molecule has 232 valence electrons. The number of ether oxygens (including phenoxy) is 3. The molecule has 0 bridgehead atoms. The zero-order valence-electron chi connectivity index (χ0n) is 21.9. The van der Waals surface area contributed by atoms with Crippen LogP contribution in [0.25, 0.3) is 0 Å². The number of methoxy groups -OCH3 is 1. The van der Waals surface area contributed by atoms with Gasteiger partial charge in [-0.25, -0.2) is 4.39 Å². The summed E-state index contributed by atoms with van der Waals surface area (Å²) in [5.74, 6) is -4.80. The van der Waals surface area contributed by atoms with Crippen molar-refractivity contribution in [1.29, 1.82) is 0 Å². The lowest BCUT2D eigenvalue weighted by atomic mass is 9.72. The van der Waals surface area contributed by atoms with Crippen molar-refractivity contribution < 1.29 is 71.7 Å². The fraction of sp³-hybridized carbons (Fsp3) is 0.444. The number of hydrogen-bond donors (Lipinski definition) is 5. The number of carbonyl (C=O) groups is 3. The number of halogens is 5. The number of Topliss-reactive ketones (excluding diaryl/α,β-unsaturated/α-hetero) is 1. The summed E-state index contributed by atoms with van der Waals surface area (Å²) in [7, 11) is 1.22. The summed E-state index contributed by atoms with van der Waals surface area (Å²) in [6.07, 6.45) is -22.7. The van der Waals surface area contributed by atoms with Crippen LogP contribution in [-0.2, 0) is 20.7 Å². The molecule has 0 aromatic heterocycles. The lowest BCUT2D eigenvalue weighted by molar-refractivity contribution is -0.353. The molecule has 3 aliphatic rings. The number of aromatic hydroxyl groups is 2. The maximum Gasteiger partial charge on any atom is 0.417 e. The number of aliphatic hydroxyl groups excluding tert-OH is 2. The standard InChI is InChI=1S/C27H23BrF4O11/c1-41-10-4-2-3-8-13(10)20(36)16-15(18(8)34)19(35)9-5-26(40,12(33)7-28)6-11(14(9)21(16)37)42-25-17(29)22(38)23(39)24(43-25)27(30,31)32/h2-4,11,17,22-25,35,37-40H,5-7H2,1H3/t11-,17?,22?,23?,24?,25?,26-/m0/s1. The smallest absolute Gasteiger partial charge is 0.417 e. The van der Waals surface area contributed by atoms with Crippen LogP contribution in [0.4, 0.5) is 17.6 Å². The molecule has 2 aromatic rings. The Morgan fingerprint density at radius 2 is 1.74 bits per heavy atom. The van der Waals surface area contributed by atoms with Crippen LogP contribution in [0, 0.1) is 0 Å². The van der Waals surface area contributed by atoms with Gasteiger partial charge in [-0.15, -0.1) is 0 Å². The number of phenolic OH excluding ortho intramolecular Hbond substituents is 2. The normalized spacial score (nSPS) is 30.3. The molecule has 5 N–H and O–H groups in total. The Kier molecular flexibility index (Phi) is 7.84. The number of hydrogen-bond acceptors (Lipinski definition) is 11. The summed E-state index contributed by atoms with van der Waals surface area (Å²) in [5, 5.41) is 53.3. The second-order valence-corrected chi connectivity index (χ2v) is 10.9. The van der Waals surface area contributed by atoms with Gasteiger partial charge in [-0.2, -0.15) is 13.2 Å². The molecule has 43 heavy (non-hydrogen) atoms. The number of carbonyl (C=O) groups excluding carboxylic acids is 3. The zero-order chi connectivity index (χ0) is 31.8. The van der Waals surface area contributed by atoms with Gasteiger partial charge in [0.2, 0.25) is 5.78 Å². The van der Waals surface area contributed by atoms with Crippen LogP contribution in [-0.4, -0.2) is 97.9 Å². The van der Waals surface area contributed by atoms with Gasteiger partial charge in [0.25, 0.3) is 0 Å². The fourth-order valence-electron chi connectivity index (χ4n) is 5.74. The molecular formula is C27H23BrF4O11. The van der Waals surface area contributed by atoms with Gasteiger partial charge in [-0.05, 0) is 6.07 Å². The Morgan fingerprint density at radius 3 is 2.35 bits per heavy atom. The van der Waals surface area contributed by atoms with Crippen molar-refractivity contribution in [2.45, 2.75) is 61.5 Å². The van der Waals surface area contributed by atoms with Gasteiger partial charge in [-0.3, -0.25) is 14.4 Å². The Labute approximate surface area is 247 Å². The third kappa shape index (κ3) is 4.80. The molecule has 0 spiro atoms. The average molecular weight is 679 g/mol. The van der Waals surface area contributed by atoms with Crippen LogP contribution >= 0.6 is 15.9 Å². The first kappa shape index (κ1) is 31.3. The van der Waals surface area contributed by atoms with E-state index in [0.717, 1.165) is 0 Å². The second kappa shape index (κ2) is 10.8. The van der Waals surface area contributed by atoms with Crippen LogP contribution in [0.5, 0.6) is 17.2 Å². The highest BCUT2D eigenvalue weighted by Crippen LogP contribution is 2.53. The summed E-state index contributed by atoms with van der Waals surface area (Å²) in [5.41, 5.74) is -5.31. The highest BCUT2D eigenvalue weighted by molar-refractivity contribution is 9.09. The van der Waals surface area contributed by atoms with Gasteiger partial charge >= 0.3 is 6.18 Å². The SMILES string of the molecule is COc1cccc2c1C(=O)c1c(O)c3c(c(O)c1C2=O)C[C@@](O)(C(=O)CBr)C[C@@H]3OC1OC(C(F)(F)F)C(O)C(O)C1F. The third-order valence-corrected chi connectivity index (χ3v) is 8.37. The molecule has 7 atom stereocenters. The minimum Gasteiger partial charge on any atom is -0.507 e. The molecule has 1 aliphatic heterocycles. The molecule has 1 heterocycles. The van der Waals surface area contributed by atoms with Gasteiger partial charge in [0.05, 0.1) is 35.2 Å².